The van der Waals surface area contributed by atoms with Gasteiger partial charge in [-0.2, -0.15) is 0 Å². The molecule has 3 N–H and O–H groups in total. The molecule has 1 aromatic heterocycles. The largest absolute Gasteiger partial charge is 0.368 e. The average molecular weight is 264 g/mol. The van der Waals surface area contributed by atoms with Crippen LogP contribution in [0.4, 0.5) is 5.95 Å². The van der Waals surface area contributed by atoms with Gasteiger partial charge in [-0.05, 0) is 5.56 Å². The minimum atomic E-state index is 0.458. The second kappa shape index (κ2) is 5.48. The summed E-state index contributed by atoms with van der Waals surface area (Å²) in [6.45, 7) is 0.704. The average Bonchev–Trinajstić information content (AvgIpc) is 2.88. The van der Waals surface area contributed by atoms with Gasteiger partial charge in [-0.15, -0.1) is 0 Å². The van der Waals surface area contributed by atoms with E-state index in [9.17, 15) is 0 Å². The highest BCUT2D eigenvalue weighted by Gasteiger charge is 2.06. The number of anilines is 1. The zero-order chi connectivity index (χ0) is 13.8. The third-order valence-corrected chi connectivity index (χ3v) is 3.10. The summed E-state index contributed by atoms with van der Waals surface area (Å²) in [7, 11) is 0. The lowest BCUT2D eigenvalue weighted by Crippen LogP contribution is -2.15. The van der Waals surface area contributed by atoms with Crippen LogP contribution in [0.3, 0.4) is 0 Å². The predicted molar refractivity (Wildman–Crippen MR) is 81.6 cm³/mol. The van der Waals surface area contributed by atoms with Crippen molar-refractivity contribution in [3.8, 4) is 11.3 Å². The quantitative estimate of drug-likeness (QED) is 0.762. The lowest BCUT2D eigenvalue weighted by Gasteiger charge is -2.08. The van der Waals surface area contributed by atoms with E-state index in [1.807, 2.05) is 54.7 Å². The monoisotopic (exact) mass is 264 g/mol. The molecule has 4 heteroatoms. The summed E-state index contributed by atoms with van der Waals surface area (Å²) in [5, 5.41) is 0. The van der Waals surface area contributed by atoms with E-state index in [2.05, 4.69) is 22.5 Å². The van der Waals surface area contributed by atoms with Crippen molar-refractivity contribution in [1.29, 1.82) is 0 Å². The number of benzene rings is 2. The molecule has 0 spiro atoms. The summed E-state index contributed by atoms with van der Waals surface area (Å²) in [6.07, 6.45) is 1.91. The molecule has 0 aliphatic heterocycles. The Morgan fingerprint density at radius 3 is 2.30 bits per heavy atom. The van der Waals surface area contributed by atoms with E-state index in [1.165, 1.54) is 5.56 Å². The molecule has 100 valence electrons. The normalized spacial score (nSPS) is 10.4. The minimum Gasteiger partial charge on any atom is -0.368 e. The van der Waals surface area contributed by atoms with Crippen molar-refractivity contribution in [2.75, 3.05) is 11.2 Å². The molecule has 3 aromatic rings. The highest BCUT2D eigenvalue weighted by atomic mass is 15.4. The third kappa shape index (κ3) is 2.64. The van der Waals surface area contributed by atoms with Crippen LogP contribution in [0.5, 0.6) is 0 Å². The van der Waals surface area contributed by atoms with E-state index in [0.29, 0.717) is 12.5 Å². The highest BCUT2D eigenvalue weighted by molar-refractivity contribution is 5.60. The van der Waals surface area contributed by atoms with Crippen molar-refractivity contribution in [3.05, 3.63) is 72.4 Å². The van der Waals surface area contributed by atoms with Crippen LogP contribution in [0.1, 0.15) is 5.56 Å². The summed E-state index contributed by atoms with van der Waals surface area (Å²) < 4.78 is 1.76. The first kappa shape index (κ1) is 12.3. The molecule has 0 saturated carbocycles. The Bertz CT molecular complexity index is 674. The number of nitrogens with two attached hydrogens (primary N) is 1. The molecule has 0 atom stereocenters. The fraction of sp³-hybridized carbons (Fsp3) is 0.0625. The van der Waals surface area contributed by atoms with Crippen molar-refractivity contribution in [2.45, 2.75) is 6.54 Å². The van der Waals surface area contributed by atoms with Gasteiger partial charge in [-0.1, -0.05) is 60.7 Å². The zero-order valence-electron chi connectivity index (χ0n) is 11.0. The van der Waals surface area contributed by atoms with Gasteiger partial charge < -0.3 is 11.2 Å². The Balaban J connectivity index is 1.76. The SMILES string of the molecule is Nc1nc(-c2ccccc2)cn1NCc1ccccc1. The van der Waals surface area contributed by atoms with Gasteiger partial charge in [0.2, 0.25) is 5.95 Å². The maximum absolute atomic E-state index is 5.93. The number of hydrogen-bond donors (Lipinski definition) is 2. The second-order valence-corrected chi connectivity index (χ2v) is 4.54. The van der Waals surface area contributed by atoms with Gasteiger partial charge in [-0.25, -0.2) is 9.66 Å². The fourth-order valence-electron chi connectivity index (χ4n) is 2.04. The van der Waals surface area contributed by atoms with Crippen LogP contribution in [0.25, 0.3) is 11.3 Å². The van der Waals surface area contributed by atoms with Gasteiger partial charge in [0.1, 0.15) is 0 Å². The predicted octanol–water partition coefficient (Wildman–Crippen LogP) is 2.88. The van der Waals surface area contributed by atoms with E-state index >= 15 is 0 Å². The zero-order valence-corrected chi connectivity index (χ0v) is 11.0. The smallest absolute Gasteiger partial charge is 0.219 e. The number of nitrogens with one attached hydrogen (secondary N) is 1. The van der Waals surface area contributed by atoms with Crippen LogP contribution in [-0.4, -0.2) is 9.66 Å². The molecule has 0 radical (unpaired) electrons. The lowest BCUT2D eigenvalue weighted by atomic mass is 10.2. The molecule has 0 fully saturated rings. The van der Waals surface area contributed by atoms with E-state index in [4.69, 9.17) is 5.73 Å². The Hall–Kier alpha value is -2.75. The van der Waals surface area contributed by atoms with Crippen molar-refractivity contribution in [1.82, 2.24) is 9.66 Å². The van der Waals surface area contributed by atoms with Gasteiger partial charge in [0, 0.05) is 5.56 Å². The Kier molecular flexibility index (Phi) is 3.37. The van der Waals surface area contributed by atoms with Crippen LogP contribution in [0.15, 0.2) is 66.9 Å². The highest BCUT2D eigenvalue weighted by Crippen LogP contribution is 2.18. The number of aromatic nitrogens is 2. The van der Waals surface area contributed by atoms with Gasteiger partial charge in [0.15, 0.2) is 0 Å². The first-order chi connectivity index (χ1) is 9.83. The van der Waals surface area contributed by atoms with Crippen molar-refractivity contribution in [3.63, 3.8) is 0 Å². The Morgan fingerprint density at radius 1 is 0.950 bits per heavy atom. The van der Waals surface area contributed by atoms with E-state index < -0.39 is 0 Å². The molecule has 2 aromatic carbocycles. The summed E-state index contributed by atoms with van der Waals surface area (Å²) in [4.78, 5) is 4.37. The minimum absolute atomic E-state index is 0.458. The molecule has 0 unspecified atom stereocenters. The summed E-state index contributed by atoms with van der Waals surface area (Å²) in [5.41, 5.74) is 12.3. The molecule has 0 aliphatic carbocycles. The molecule has 3 rings (SSSR count). The van der Waals surface area contributed by atoms with Crippen molar-refractivity contribution in [2.24, 2.45) is 0 Å². The maximum Gasteiger partial charge on any atom is 0.219 e. The summed E-state index contributed by atoms with van der Waals surface area (Å²) >= 11 is 0. The molecule has 0 aliphatic rings. The number of hydrogen-bond acceptors (Lipinski definition) is 3. The van der Waals surface area contributed by atoms with Crippen LogP contribution in [0, 0.1) is 0 Å². The number of nitrogens with zero attached hydrogens (tertiary/aromatic N) is 2. The first-order valence-corrected chi connectivity index (χ1v) is 6.51. The van der Waals surface area contributed by atoms with Crippen LogP contribution >= 0.6 is 0 Å². The number of rotatable bonds is 4. The van der Waals surface area contributed by atoms with E-state index in [-0.39, 0.29) is 0 Å². The summed E-state index contributed by atoms with van der Waals surface area (Å²) in [6, 6.07) is 20.2. The molecule has 0 saturated heterocycles. The molecular weight excluding hydrogens is 248 g/mol. The standard InChI is InChI=1S/C16H16N4/c17-16-19-15(14-9-5-2-6-10-14)12-20(16)18-11-13-7-3-1-4-8-13/h1-10,12,18H,11H2,(H2,17,19). The maximum atomic E-state index is 5.93. The number of nitrogen functional groups attached to an aromatic ring is 1. The molecule has 4 nitrogen and oxygen atoms in total. The number of imidazole rings is 1. The van der Waals surface area contributed by atoms with Gasteiger partial charge in [-0.3, -0.25) is 0 Å². The third-order valence-electron chi connectivity index (χ3n) is 3.10. The Labute approximate surface area is 117 Å². The second-order valence-electron chi connectivity index (χ2n) is 4.54. The van der Waals surface area contributed by atoms with Crippen LogP contribution in [0.2, 0.25) is 0 Å². The van der Waals surface area contributed by atoms with E-state index in [1.54, 1.807) is 4.68 Å². The molecule has 1 heterocycles. The fourth-order valence-corrected chi connectivity index (χ4v) is 2.04. The molecule has 0 amide bonds. The van der Waals surface area contributed by atoms with Crippen molar-refractivity contribution >= 4 is 5.95 Å². The van der Waals surface area contributed by atoms with Gasteiger partial charge >= 0.3 is 0 Å². The van der Waals surface area contributed by atoms with E-state index in [0.717, 1.165) is 11.3 Å². The Morgan fingerprint density at radius 2 is 1.60 bits per heavy atom. The molecular formula is C16H16N4. The van der Waals surface area contributed by atoms with Crippen LogP contribution < -0.4 is 11.2 Å². The molecule has 20 heavy (non-hydrogen) atoms. The lowest BCUT2D eigenvalue weighted by molar-refractivity contribution is 0.851. The van der Waals surface area contributed by atoms with Gasteiger partial charge in [0.25, 0.3) is 0 Å². The van der Waals surface area contributed by atoms with Crippen LogP contribution in [-0.2, 0) is 6.54 Å². The first-order valence-electron chi connectivity index (χ1n) is 6.51. The van der Waals surface area contributed by atoms with Crippen molar-refractivity contribution < 1.29 is 0 Å². The summed E-state index contributed by atoms with van der Waals surface area (Å²) in [5.74, 6) is 0.458. The van der Waals surface area contributed by atoms with Gasteiger partial charge in [0.05, 0.1) is 18.4 Å². The molecule has 0 bridgehead atoms. The topological polar surface area (TPSA) is 55.9 Å².